The van der Waals surface area contributed by atoms with E-state index in [9.17, 15) is 4.79 Å². The van der Waals surface area contributed by atoms with Crippen LogP contribution in [0.3, 0.4) is 0 Å². The number of benzene rings is 1. The summed E-state index contributed by atoms with van der Waals surface area (Å²) >= 11 is 0. The minimum atomic E-state index is -0.273. The van der Waals surface area contributed by atoms with Crippen molar-refractivity contribution in [3.05, 3.63) is 29.3 Å². The van der Waals surface area contributed by atoms with Crippen molar-refractivity contribution in [2.75, 3.05) is 13.7 Å². The van der Waals surface area contributed by atoms with Gasteiger partial charge in [0.05, 0.1) is 24.8 Å². The fourth-order valence-corrected chi connectivity index (χ4v) is 2.50. The summed E-state index contributed by atoms with van der Waals surface area (Å²) in [4.78, 5) is 13.4. The zero-order valence-corrected chi connectivity index (χ0v) is 10.9. The van der Waals surface area contributed by atoms with Crippen LogP contribution in [0.4, 0.5) is 0 Å². The lowest BCUT2D eigenvalue weighted by atomic mass is 10.1. The van der Waals surface area contributed by atoms with E-state index in [1.165, 1.54) is 0 Å². The summed E-state index contributed by atoms with van der Waals surface area (Å²) in [6.45, 7) is 1.47. The second-order valence-electron chi connectivity index (χ2n) is 4.67. The molecule has 0 aliphatic carbocycles. The Balaban J connectivity index is 2.19. The SMILES string of the molecule is COc1cc(C#N)ccc1CN1CCC[C@H]1C(N)=O. The second kappa shape index (κ2) is 5.72. The average molecular weight is 259 g/mol. The molecule has 19 heavy (non-hydrogen) atoms. The third-order valence-electron chi connectivity index (χ3n) is 3.48. The van der Waals surface area contributed by atoms with E-state index in [-0.39, 0.29) is 11.9 Å². The molecule has 0 radical (unpaired) electrons. The first-order chi connectivity index (χ1) is 9.15. The lowest BCUT2D eigenvalue weighted by Gasteiger charge is -2.22. The number of primary amides is 1. The minimum Gasteiger partial charge on any atom is -0.496 e. The number of likely N-dealkylation sites (tertiary alicyclic amines) is 1. The van der Waals surface area contributed by atoms with E-state index >= 15 is 0 Å². The molecule has 2 rings (SSSR count). The van der Waals surface area contributed by atoms with Crippen molar-refractivity contribution in [1.29, 1.82) is 5.26 Å². The quantitative estimate of drug-likeness (QED) is 0.875. The summed E-state index contributed by atoms with van der Waals surface area (Å²) < 4.78 is 5.30. The number of amides is 1. The van der Waals surface area contributed by atoms with Crippen LogP contribution in [-0.2, 0) is 11.3 Å². The van der Waals surface area contributed by atoms with E-state index in [1.54, 1.807) is 19.2 Å². The Hall–Kier alpha value is -2.06. The highest BCUT2D eigenvalue weighted by molar-refractivity contribution is 5.80. The molecule has 5 heteroatoms. The number of hydrogen-bond acceptors (Lipinski definition) is 4. The molecule has 1 amide bonds. The Morgan fingerprint density at radius 3 is 3.05 bits per heavy atom. The molecule has 1 heterocycles. The molecule has 1 aliphatic rings. The maximum absolute atomic E-state index is 11.4. The van der Waals surface area contributed by atoms with Crippen molar-refractivity contribution in [2.45, 2.75) is 25.4 Å². The Bertz CT molecular complexity index is 522. The molecular formula is C14H17N3O2. The largest absolute Gasteiger partial charge is 0.496 e. The Kier molecular flexibility index (Phi) is 4.03. The molecular weight excluding hydrogens is 242 g/mol. The van der Waals surface area contributed by atoms with Crippen LogP contribution in [0.1, 0.15) is 24.0 Å². The van der Waals surface area contributed by atoms with Crippen LogP contribution in [0.25, 0.3) is 0 Å². The third kappa shape index (κ3) is 2.85. The fraction of sp³-hybridized carbons (Fsp3) is 0.429. The van der Waals surface area contributed by atoms with E-state index < -0.39 is 0 Å². The van der Waals surface area contributed by atoms with Crippen LogP contribution in [0.5, 0.6) is 5.75 Å². The minimum absolute atomic E-state index is 0.194. The van der Waals surface area contributed by atoms with Crippen molar-refractivity contribution in [2.24, 2.45) is 5.73 Å². The van der Waals surface area contributed by atoms with Gasteiger partial charge in [-0.3, -0.25) is 9.69 Å². The maximum Gasteiger partial charge on any atom is 0.234 e. The summed E-state index contributed by atoms with van der Waals surface area (Å²) in [5.41, 5.74) is 6.93. The van der Waals surface area contributed by atoms with Crippen molar-refractivity contribution < 1.29 is 9.53 Å². The fourth-order valence-electron chi connectivity index (χ4n) is 2.50. The predicted molar refractivity (Wildman–Crippen MR) is 70.3 cm³/mol. The topological polar surface area (TPSA) is 79.3 Å². The van der Waals surface area contributed by atoms with Crippen LogP contribution in [0, 0.1) is 11.3 Å². The lowest BCUT2D eigenvalue weighted by molar-refractivity contribution is -0.122. The first-order valence-electron chi connectivity index (χ1n) is 6.26. The first kappa shape index (κ1) is 13.4. The zero-order chi connectivity index (χ0) is 13.8. The highest BCUT2D eigenvalue weighted by atomic mass is 16.5. The van der Waals surface area contributed by atoms with Gasteiger partial charge < -0.3 is 10.5 Å². The van der Waals surface area contributed by atoms with Gasteiger partial charge in [0.2, 0.25) is 5.91 Å². The van der Waals surface area contributed by atoms with Gasteiger partial charge in [-0.05, 0) is 31.5 Å². The predicted octanol–water partition coefficient (Wildman–Crippen LogP) is 1.02. The van der Waals surface area contributed by atoms with Gasteiger partial charge in [0.1, 0.15) is 5.75 Å². The molecule has 0 saturated carbocycles. The van der Waals surface area contributed by atoms with Crippen LogP contribution in [0.2, 0.25) is 0 Å². The standard InChI is InChI=1S/C14H17N3O2/c1-19-13-7-10(8-15)4-5-11(13)9-17-6-2-3-12(17)14(16)18/h4-5,7,12H,2-3,6,9H2,1H3,(H2,16,18)/t12-/m0/s1. The molecule has 1 saturated heterocycles. The second-order valence-corrected chi connectivity index (χ2v) is 4.67. The third-order valence-corrected chi connectivity index (χ3v) is 3.48. The zero-order valence-electron chi connectivity index (χ0n) is 10.9. The number of carbonyl (C=O) groups excluding carboxylic acids is 1. The van der Waals surface area contributed by atoms with E-state index in [0.717, 1.165) is 24.9 Å². The summed E-state index contributed by atoms with van der Waals surface area (Å²) in [5.74, 6) is 0.402. The maximum atomic E-state index is 11.4. The Labute approximate surface area is 112 Å². The van der Waals surface area contributed by atoms with E-state index in [1.807, 2.05) is 6.07 Å². The number of nitriles is 1. The molecule has 0 bridgehead atoms. The van der Waals surface area contributed by atoms with Gasteiger partial charge in [0, 0.05) is 12.1 Å². The Morgan fingerprint density at radius 2 is 2.42 bits per heavy atom. The molecule has 1 aromatic rings. The van der Waals surface area contributed by atoms with Crippen LogP contribution in [0.15, 0.2) is 18.2 Å². The Morgan fingerprint density at radius 1 is 1.63 bits per heavy atom. The van der Waals surface area contributed by atoms with Crippen molar-refractivity contribution in [1.82, 2.24) is 4.90 Å². The van der Waals surface area contributed by atoms with Gasteiger partial charge in [-0.25, -0.2) is 0 Å². The molecule has 0 spiro atoms. The number of carbonyl (C=O) groups is 1. The summed E-state index contributed by atoms with van der Waals surface area (Å²) in [7, 11) is 1.58. The van der Waals surface area contributed by atoms with Crippen LogP contribution in [-0.4, -0.2) is 30.5 Å². The number of rotatable bonds is 4. The van der Waals surface area contributed by atoms with E-state index in [4.69, 9.17) is 15.7 Å². The van der Waals surface area contributed by atoms with E-state index in [0.29, 0.717) is 17.9 Å². The molecule has 2 N–H and O–H groups in total. The molecule has 0 unspecified atom stereocenters. The van der Waals surface area contributed by atoms with Crippen molar-refractivity contribution in [3.63, 3.8) is 0 Å². The number of nitrogens with two attached hydrogens (primary N) is 1. The molecule has 5 nitrogen and oxygen atoms in total. The first-order valence-corrected chi connectivity index (χ1v) is 6.26. The highest BCUT2D eigenvalue weighted by Crippen LogP contribution is 2.25. The van der Waals surface area contributed by atoms with Crippen LogP contribution >= 0.6 is 0 Å². The summed E-state index contributed by atoms with van der Waals surface area (Å²) in [5, 5.41) is 8.87. The smallest absolute Gasteiger partial charge is 0.234 e. The van der Waals surface area contributed by atoms with Crippen LogP contribution < -0.4 is 10.5 Å². The van der Waals surface area contributed by atoms with Gasteiger partial charge in [-0.15, -0.1) is 0 Å². The number of hydrogen-bond donors (Lipinski definition) is 1. The monoisotopic (exact) mass is 259 g/mol. The summed E-state index contributed by atoms with van der Waals surface area (Å²) in [6, 6.07) is 7.23. The highest BCUT2D eigenvalue weighted by Gasteiger charge is 2.29. The van der Waals surface area contributed by atoms with Gasteiger partial charge in [-0.1, -0.05) is 6.07 Å². The van der Waals surface area contributed by atoms with Gasteiger partial charge in [0.25, 0.3) is 0 Å². The van der Waals surface area contributed by atoms with Crippen molar-refractivity contribution >= 4 is 5.91 Å². The number of nitrogens with zero attached hydrogens (tertiary/aromatic N) is 2. The average Bonchev–Trinajstić information content (AvgIpc) is 2.87. The molecule has 1 fully saturated rings. The molecule has 0 aromatic heterocycles. The molecule has 1 atom stereocenters. The van der Waals surface area contributed by atoms with Gasteiger partial charge >= 0.3 is 0 Å². The van der Waals surface area contributed by atoms with E-state index in [2.05, 4.69) is 11.0 Å². The summed E-state index contributed by atoms with van der Waals surface area (Å²) in [6.07, 6.45) is 1.79. The number of methoxy groups -OCH3 is 1. The van der Waals surface area contributed by atoms with Gasteiger partial charge in [0.15, 0.2) is 0 Å². The van der Waals surface area contributed by atoms with Crippen molar-refractivity contribution in [3.8, 4) is 11.8 Å². The lowest BCUT2D eigenvalue weighted by Crippen LogP contribution is -2.39. The molecule has 1 aromatic carbocycles. The number of ether oxygens (including phenoxy) is 1. The molecule has 100 valence electrons. The van der Waals surface area contributed by atoms with Gasteiger partial charge in [-0.2, -0.15) is 5.26 Å². The normalized spacial score (nSPS) is 19.1. The molecule has 1 aliphatic heterocycles.